The molecule has 112 valence electrons. The second-order valence-corrected chi connectivity index (χ2v) is 5.08. The van der Waals surface area contributed by atoms with Gasteiger partial charge in [0.15, 0.2) is 0 Å². The Kier molecular flexibility index (Phi) is 4.52. The van der Waals surface area contributed by atoms with E-state index in [0.29, 0.717) is 32.9 Å². The van der Waals surface area contributed by atoms with Gasteiger partial charge in [0.2, 0.25) is 5.91 Å². The SMILES string of the molecule is O=C(C=Cc1ccccc1OC[C@H]1CO1)N1CCOCC1. The smallest absolute Gasteiger partial charge is 0.246 e. The van der Waals surface area contributed by atoms with E-state index in [1.54, 1.807) is 17.1 Å². The molecule has 0 aliphatic carbocycles. The van der Waals surface area contributed by atoms with Crippen LogP contribution < -0.4 is 4.74 Å². The number of carbonyl (C=O) groups excluding carboxylic acids is 1. The summed E-state index contributed by atoms with van der Waals surface area (Å²) >= 11 is 0. The number of carbonyl (C=O) groups is 1. The van der Waals surface area contributed by atoms with Gasteiger partial charge in [0.1, 0.15) is 18.5 Å². The van der Waals surface area contributed by atoms with Gasteiger partial charge in [-0.3, -0.25) is 4.79 Å². The van der Waals surface area contributed by atoms with Gasteiger partial charge in [-0.2, -0.15) is 0 Å². The summed E-state index contributed by atoms with van der Waals surface area (Å²) in [5, 5.41) is 0. The van der Waals surface area contributed by atoms with Crippen LogP contribution in [0.4, 0.5) is 0 Å². The lowest BCUT2D eigenvalue weighted by Crippen LogP contribution is -2.39. The molecule has 5 nitrogen and oxygen atoms in total. The number of ether oxygens (including phenoxy) is 3. The highest BCUT2D eigenvalue weighted by Crippen LogP contribution is 2.21. The standard InChI is InChI=1S/C16H19NO4/c18-16(17-7-9-19-10-8-17)6-5-13-3-1-2-4-15(13)21-12-14-11-20-14/h1-6,14H,7-12H2/t14-/m1/s1. The van der Waals surface area contributed by atoms with Gasteiger partial charge < -0.3 is 19.1 Å². The van der Waals surface area contributed by atoms with E-state index < -0.39 is 0 Å². The Balaban J connectivity index is 1.62. The molecule has 2 saturated heterocycles. The molecular weight excluding hydrogens is 270 g/mol. The molecule has 0 bridgehead atoms. The third-order valence-corrected chi connectivity index (χ3v) is 3.47. The van der Waals surface area contributed by atoms with Crippen LogP contribution >= 0.6 is 0 Å². The third-order valence-electron chi connectivity index (χ3n) is 3.47. The molecule has 5 heteroatoms. The minimum absolute atomic E-state index is 0.0126. The van der Waals surface area contributed by atoms with Crippen LogP contribution in [0.25, 0.3) is 6.08 Å². The van der Waals surface area contributed by atoms with Gasteiger partial charge >= 0.3 is 0 Å². The van der Waals surface area contributed by atoms with Crippen LogP contribution in [-0.4, -0.2) is 56.4 Å². The number of hydrogen-bond donors (Lipinski definition) is 0. The summed E-state index contributed by atoms with van der Waals surface area (Å²) in [6.07, 6.45) is 3.62. The quantitative estimate of drug-likeness (QED) is 0.606. The maximum Gasteiger partial charge on any atom is 0.246 e. The zero-order valence-electron chi connectivity index (χ0n) is 11.9. The fraction of sp³-hybridized carbons (Fsp3) is 0.438. The molecular formula is C16H19NO4. The zero-order chi connectivity index (χ0) is 14.5. The van der Waals surface area contributed by atoms with Gasteiger partial charge in [-0.05, 0) is 12.1 Å². The van der Waals surface area contributed by atoms with Crippen LogP contribution in [0.3, 0.4) is 0 Å². The van der Waals surface area contributed by atoms with E-state index in [0.717, 1.165) is 17.9 Å². The number of benzene rings is 1. The van der Waals surface area contributed by atoms with Gasteiger partial charge in [0.05, 0.1) is 19.8 Å². The highest BCUT2D eigenvalue weighted by atomic mass is 16.6. The molecule has 1 aromatic rings. The van der Waals surface area contributed by atoms with Gasteiger partial charge in [0.25, 0.3) is 0 Å². The number of amides is 1. The summed E-state index contributed by atoms with van der Waals surface area (Å²) in [4.78, 5) is 13.9. The second kappa shape index (κ2) is 6.74. The molecule has 0 saturated carbocycles. The molecule has 0 radical (unpaired) electrons. The fourth-order valence-corrected chi connectivity index (χ4v) is 2.15. The average molecular weight is 289 g/mol. The van der Waals surface area contributed by atoms with E-state index in [2.05, 4.69) is 0 Å². The van der Waals surface area contributed by atoms with E-state index in [9.17, 15) is 4.79 Å². The highest BCUT2D eigenvalue weighted by Gasteiger charge is 2.23. The fourth-order valence-electron chi connectivity index (χ4n) is 2.15. The van der Waals surface area contributed by atoms with E-state index in [-0.39, 0.29) is 12.0 Å². The Morgan fingerprint density at radius 3 is 2.86 bits per heavy atom. The van der Waals surface area contributed by atoms with Crippen LogP contribution in [0.5, 0.6) is 5.75 Å². The normalized spacial score (nSPS) is 21.5. The minimum atomic E-state index is 0.0126. The monoisotopic (exact) mass is 289 g/mol. The van der Waals surface area contributed by atoms with Crippen LogP contribution in [0.2, 0.25) is 0 Å². The predicted octanol–water partition coefficient (Wildman–Crippen LogP) is 1.34. The Hall–Kier alpha value is -1.85. The van der Waals surface area contributed by atoms with Crippen molar-refractivity contribution in [2.45, 2.75) is 6.10 Å². The van der Waals surface area contributed by atoms with Crippen molar-refractivity contribution in [1.29, 1.82) is 0 Å². The largest absolute Gasteiger partial charge is 0.490 e. The van der Waals surface area contributed by atoms with Crippen molar-refractivity contribution in [2.75, 3.05) is 39.5 Å². The van der Waals surface area contributed by atoms with E-state index >= 15 is 0 Å². The highest BCUT2D eigenvalue weighted by molar-refractivity contribution is 5.92. The van der Waals surface area contributed by atoms with E-state index in [1.165, 1.54) is 0 Å². The van der Waals surface area contributed by atoms with Gasteiger partial charge in [-0.1, -0.05) is 18.2 Å². The topological polar surface area (TPSA) is 51.3 Å². The summed E-state index contributed by atoms with van der Waals surface area (Å²) in [5.41, 5.74) is 0.903. The number of nitrogens with zero attached hydrogens (tertiary/aromatic N) is 1. The molecule has 1 aromatic carbocycles. The molecule has 2 aliphatic rings. The number of morpholine rings is 1. The molecule has 0 aromatic heterocycles. The minimum Gasteiger partial charge on any atom is -0.490 e. The summed E-state index contributed by atoms with van der Waals surface area (Å²) < 4.78 is 16.1. The third kappa shape index (κ3) is 4.06. The lowest BCUT2D eigenvalue weighted by atomic mass is 10.2. The summed E-state index contributed by atoms with van der Waals surface area (Å²) in [7, 11) is 0. The summed E-state index contributed by atoms with van der Waals surface area (Å²) in [6, 6.07) is 7.69. The lowest BCUT2D eigenvalue weighted by Gasteiger charge is -2.25. The number of para-hydroxylation sites is 1. The number of epoxide rings is 1. The van der Waals surface area contributed by atoms with E-state index in [1.807, 2.05) is 24.3 Å². The molecule has 0 spiro atoms. The van der Waals surface area contributed by atoms with Crippen LogP contribution in [0.1, 0.15) is 5.56 Å². The van der Waals surface area contributed by atoms with Crippen LogP contribution in [0.15, 0.2) is 30.3 Å². The Labute approximate surface area is 124 Å². The molecule has 0 N–H and O–H groups in total. The predicted molar refractivity (Wildman–Crippen MR) is 78.1 cm³/mol. The Bertz CT molecular complexity index is 519. The maximum absolute atomic E-state index is 12.1. The van der Waals surface area contributed by atoms with Gasteiger partial charge in [-0.15, -0.1) is 0 Å². The van der Waals surface area contributed by atoms with Crippen molar-refractivity contribution < 1.29 is 19.0 Å². The molecule has 2 heterocycles. The van der Waals surface area contributed by atoms with Crippen molar-refractivity contribution in [3.8, 4) is 5.75 Å². The molecule has 3 rings (SSSR count). The van der Waals surface area contributed by atoms with Crippen molar-refractivity contribution in [1.82, 2.24) is 4.90 Å². The molecule has 21 heavy (non-hydrogen) atoms. The first-order valence-electron chi connectivity index (χ1n) is 7.21. The molecule has 1 amide bonds. The van der Waals surface area contributed by atoms with Crippen molar-refractivity contribution >= 4 is 12.0 Å². The van der Waals surface area contributed by atoms with Gasteiger partial charge in [0, 0.05) is 24.7 Å². The lowest BCUT2D eigenvalue weighted by molar-refractivity contribution is -0.129. The van der Waals surface area contributed by atoms with Crippen molar-refractivity contribution in [3.05, 3.63) is 35.9 Å². The first-order chi connectivity index (χ1) is 10.3. The van der Waals surface area contributed by atoms with E-state index in [4.69, 9.17) is 14.2 Å². The maximum atomic E-state index is 12.1. The first kappa shape index (κ1) is 14.1. The second-order valence-electron chi connectivity index (χ2n) is 5.08. The zero-order valence-corrected chi connectivity index (χ0v) is 11.9. The average Bonchev–Trinajstić information content (AvgIpc) is 3.36. The summed E-state index contributed by atoms with van der Waals surface area (Å²) in [5.74, 6) is 0.789. The molecule has 2 aliphatic heterocycles. The van der Waals surface area contributed by atoms with Crippen LogP contribution in [-0.2, 0) is 14.3 Å². The number of rotatable bonds is 5. The first-order valence-corrected chi connectivity index (χ1v) is 7.21. The van der Waals surface area contributed by atoms with Gasteiger partial charge in [-0.25, -0.2) is 0 Å². The molecule has 0 unspecified atom stereocenters. The van der Waals surface area contributed by atoms with Crippen molar-refractivity contribution in [2.24, 2.45) is 0 Å². The summed E-state index contributed by atoms with van der Waals surface area (Å²) in [6.45, 7) is 3.86. The van der Waals surface area contributed by atoms with Crippen molar-refractivity contribution in [3.63, 3.8) is 0 Å². The molecule has 1 atom stereocenters. The van der Waals surface area contributed by atoms with Crippen LogP contribution in [0, 0.1) is 0 Å². The Morgan fingerprint density at radius 2 is 2.10 bits per heavy atom. The molecule has 2 fully saturated rings. The number of hydrogen-bond acceptors (Lipinski definition) is 4. The Morgan fingerprint density at radius 1 is 1.33 bits per heavy atom.